The van der Waals surface area contributed by atoms with E-state index >= 15 is 0 Å². The van der Waals surface area contributed by atoms with Gasteiger partial charge in [-0.25, -0.2) is 4.98 Å². The summed E-state index contributed by atoms with van der Waals surface area (Å²) in [4.78, 5) is 5.03. The number of benzene rings is 6. The van der Waals surface area contributed by atoms with Crippen molar-refractivity contribution >= 4 is 32.6 Å². The molecular formula is C39H33NO. The van der Waals surface area contributed by atoms with E-state index in [1.807, 2.05) is 0 Å². The molecule has 2 heteroatoms. The third-order valence-corrected chi connectivity index (χ3v) is 8.26. The van der Waals surface area contributed by atoms with Crippen LogP contribution in [0.4, 0.5) is 0 Å². The SMILES string of the molecule is CC(C)c1ccc(C(C)C)c2oc(-c3ccc(-c4c5ccccc5c(-c5ccccc5)c5ccccc45)cc3)nc12. The van der Waals surface area contributed by atoms with Crippen LogP contribution in [0, 0.1) is 0 Å². The third kappa shape index (κ3) is 4.22. The number of aromatic nitrogens is 1. The van der Waals surface area contributed by atoms with Crippen molar-refractivity contribution < 1.29 is 4.42 Å². The average Bonchev–Trinajstić information content (AvgIpc) is 3.45. The molecule has 0 saturated heterocycles. The van der Waals surface area contributed by atoms with Crippen LogP contribution >= 0.6 is 0 Å². The van der Waals surface area contributed by atoms with Crippen molar-refractivity contribution in [3.05, 3.63) is 126 Å². The maximum atomic E-state index is 6.48. The Hall–Kier alpha value is -4.69. The first kappa shape index (κ1) is 25.3. The molecule has 0 N–H and O–H groups in total. The molecule has 0 aliphatic carbocycles. The summed E-state index contributed by atoms with van der Waals surface area (Å²) in [7, 11) is 0. The van der Waals surface area contributed by atoms with Gasteiger partial charge in [0.1, 0.15) is 5.52 Å². The van der Waals surface area contributed by atoms with E-state index in [1.165, 1.54) is 54.9 Å². The molecule has 0 amide bonds. The Morgan fingerprint density at radius 2 is 0.902 bits per heavy atom. The maximum absolute atomic E-state index is 6.48. The zero-order valence-corrected chi connectivity index (χ0v) is 24.0. The Labute approximate surface area is 241 Å². The van der Waals surface area contributed by atoms with Crippen molar-refractivity contribution in [2.75, 3.05) is 0 Å². The van der Waals surface area contributed by atoms with E-state index in [0.29, 0.717) is 17.7 Å². The minimum atomic E-state index is 0.363. The summed E-state index contributed by atoms with van der Waals surface area (Å²) in [6.45, 7) is 8.84. The molecule has 0 bridgehead atoms. The van der Waals surface area contributed by atoms with Gasteiger partial charge in [-0.1, -0.05) is 131 Å². The summed E-state index contributed by atoms with van der Waals surface area (Å²) < 4.78 is 6.48. The van der Waals surface area contributed by atoms with Gasteiger partial charge in [0, 0.05) is 5.56 Å². The number of hydrogen-bond acceptors (Lipinski definition) is 2. The fraction of sp³-hybridized carbons (Fsp3) is 0.154. The summed E-state index contributed by atoms with van der Waals surface area (Å²) in [5.41, 5.74) is 10.3. The number of rotatable bonds is 5. The molecule has 0 spiro atoms. The molecular weight excluding hydrogens is 498 g/mol. The van der Waals surface area contributed by atoms with Crippen LogP contribution < -0.4 is 0 Å². The van der Waals surface area contributed by atoms with Crippen LogP contribution in [0.1, 0.15) is 50.7 Å². The van der Waals surface area contributed by atoms with Gasteiger partial charge >= 0.3 is 0 Å². The molecule has 0 aliphatic rings. The van der Waals surface area contributed by atoms with Gasteiger partial charge in [0.05, 0.1) is 0 Å². The first-order valence-electron chi connectivity index (χ1n) is 14.5. The zero-order chi connectivity index (χ0) is 28.1. The Morgan fingerprint density at radius 3 is 1.41 bits per heavy atom. The number of hydrogen-bond donors (Lipinski definition) is 0. The zero-order valence-electron chi connectivity index (χ0n) is 24.0. The van der Waals surface area contributed by atoms with Gasteiger partial charge in [-0.15, -0.1) is 0 Å². The largest absolute Gasteiger partial charge is 0.436 e. The summed E-state index contributed by atoms with van der Waals surface area (Å²) in [5.74, 6) is 1.41. The van der Waals surface area contributed by atoms with Crippen LogP contribution in [0.2, 0.25) is 0 Å². The van der Waals surface area contributed by atoms with E-state index in [9.17, 15) is 0 Å². The van der Waals surface area contributed by atoms with Gasteiger partial charge in [0.15, 0.2) is 5.58 Å². The third-order valence-electron chi connectivity index (χ3n) is 8.26. The minimum Gasteiger partial charge on any atom is -0.436 e. The lowest BCUT2D eigenvalue weighted by atomic mass is 9.86. The van der Waals surface area contributed by atoms with Gasteiger partial charge in [0.25, 0.3) is 0 Å². The molecule has 0 unspecified atom stereocenters. The fourth-order valence-electron chi connectivity index (χ4n) is 6.22. The van der Waals surface area contributed by atoms with Crippen molar-refractivity contribution in [1.82, 2.24) is 4.98 Å². The Kier molecular flexibility index (Phi) is 6.20. The summed E-state index contributed by atoms with van der Waals surface area (Å²) in [6, 6.07) is 41.4. The molecule has 0 atom stereocenters. The van der Waals surface area contributed by atoms with E-state index in [-0.39, 0.29) is 0 Å². The molecule has 41 heavy (non-hydrogen) atoms. The highest BCUT2D eigenvalue weighted by Gasteiger charge is 2.20. The Bertz CT molecular complexity index is 1930. The standard InChI is InChI=1S/C39H33NO/c1-24(2)29-22-23-30(25(3)4)38-37(29)40-39(41-38)28-20-18-27(19-21-28)36-33-16-10-8-14-31(33)35(26-12-6-5-7-13-26)32-15-9-11-17-34(32)36/h5-25H,1-4H3. The van der Waals surface area contributed by atoms with Crippen LogP contribution in [-0.2, 0) is 0 Å². The Balaban J connectivity index is 1.41. The molecule has 1 aromatic heterocycles. The van der Waals surface area contributed by atoms with Gasteiger partial charge in [-0.05, 0) is 78.9 Å². The smallest absolute Gasteiger partial charge is 0.227 e. The molecule has 0 saturated carbocycles. The average molecular weight is 532 g/mol. The number of oxazole rings is 1. The number of nitrogens with zero attached hydrogens (tertiary/aromatic N) is 1. The molecule has 0 radical (unpaired) electrons. The molecule has 2 nitrogen and oxygen atoms in total. The molecule has 6 aromatic carbocycles. The van der Waals surface area contributed by atoms with Crippen LogP contribution in [-0.4, -0.2) is 4.98 Å². The highest BCUT2D eigenvalue weighted by atomic mass is 16.3. The molecule has 1 heterocycles. The monoisotopic (exact) mass is 531 g/mol. The van der Waals surface area contributed by atoms with Crippen molar-refractivity contribution in [3.8, 4) is 33.7 Å². The minimum absolute atomic E-state index is 0.363. The van der Waals surface area contributed by atoms with E-state index < -0.39 is 0 Å². The lowest BCUT2D eigenvalue weighted by Gasteiger charge is -2.17. The van der Waals surface area contributed by atoms with Crippen molar-refractivity contribution in [3.63, 3.8) is 0 Å². The summed E-state index contributed by atoms with van der Waals surface area (Å²) >= 11 is 0. The number of fused-ring (bicyclic) bond motifs is 3. The second-order valence-electron chi connectivity index (χ2n) is 11.5. The maximum Gasteiger partial charge on any atom is 0.227 e. The van der Waals surface area contributed by atoms with Crippen LogP contribution in [0.25, 0.3) is 66.4 Å². The molecule has 0 fully saturated rings. The highest BCUT2D eigenvalue weighted by Crippen LogP contribution is 2.44. The van der Waals surface area contributed by atoms with E-state index in [4.69, 9.17) is 9.40 Å². The first-order valence-corrected chi connectivity index (χ1v) is 14.5. The van der Waals surface area contributed by atoms with E-state index in [2.05, 4.69) is 143 Å². The summed E-state index contributed by atoms with van der Waals surface area (Å²) in [6.07, 6.45) is 0. The lowest BCUT2D eigenvalue weighted by Crippen LogP contribution is -1.94. The van der Waals surface area contributed by atoms with Crippen molar-refractivity contribution in [2.45, 2.75) is 39.5 Å². The topological polar surface area (TPSA) is 26.0 Å². The predicted molar refractivity (Wildman–Crippen MR) is 174 cm³/mol. The van der Waals surface area contributed by atoms with Gasteiger partial charge < -0.3 is 4.42 Å². The second-order valence-corrected chi connectivity index (χ2v) is 11.5. The van der Waals surface area contributed by atoms with Crippen LogP contribution in [0.15, 0.2) is 120 Å². The predicted octanol–water partition coefficient (Wildman–Crippen LogP) is 11.4. The fourth-order valence-corrected chi connectivity index (χ4v) is 6.22. The lowest BCUT2D eigenvalue weighted by molar-refractivity contribution is 0.611. The molecule has 7 aromatic rings. The quantitative estimate of drug-likeness (QED) is 0.206. The molecule has 0 aliphatic heterocycles. The van der Waals surface area contributed by atoms with Gasteiger partial charge in [0.2, 0.25) is 5.89 Å². The second kappa shape index (κ2) is 10.1. The first-order chi connectivity index (χ1) is 20.0. The normalized spacial score (nSPS) is 11.9. The van der Waals surface area contributed by atoms with Crippen LogP contribution in [0.3, 0.4) is 0 Å². The Morgan fingerprint density at radius 1 is 0.463 bits per heavy atom. The van der Waals surface area contributed by atoms with E-state index in [0.717, 1.165) is 16.7 Å². The van der Waals surface area contributed by atoms with E-state index in [1.54, 1.807) is 0 Å². The van der Waals surface area contributed by atoms with Gasteiger partial charge in [-0.2, -0.15) is 0 Å². The summed E-state index contributed by atoms with van der Waals surface area (Å²) in [5, 5.41) is 5.03. The highest BCUT2D eigenvalue weighted by molar-refractivity contribution is 6.21. The van der Waals surface area contributed by atoms with Crippen LogP contribution in [0.5, 0.6) is 0 Å². The van der Waals surface area contributed by atoms with Crippen molar-refractivity contribution in [1.29, 1.82) is 0 Å². The van der Waals surface area contributed by atoms with Gasteiger partial charge in [-0.3, -0.25) is 0 Å². The molecule has 200 valence electrons. The molecule has 7 rings (SSSR count). The van der Waals surface area contributed by atoms with Crippen molar-refractivity contribution in [2.24, 2.45) is 0 Å².